The van der Waals surface area contributed by atoms with Gasteiger partial charge in [0.1, 0.15) is 0 Å². The van der Waals surface area contributed by atoms with Crippen LogP contribution < -0.4 is 5.73 Å². The quantitative estimate of drug-likeness (QED) is 0.828. The van der Waals surface area contributed by atoms with Crippen LogP contribution in [0.1, 0.15) is 36.2 Å². The molecule has 0 spiro atoms. The highest BCUT2D eigenvalue weighted by atomic mass is 16.2. The third-order valence-electron chi connectivity index (χ3n) is 2.90. The van der Waals surface area contributed by atoms with Crippen LogP contribution >= 0.6 is 0 Å². The van der Waals surface area contributed by atoms with Gasteiger partial charge in [-0.2, -0.15) is 5.26 Å². The fourth-order valence-electron chi connectivity index (χ4n) is 1.79. The van der Waals surface area contributed by atoms with E-state index in [1.165, 1.54) is 0 Å². The molecule has 0 bridgehead atoms. The maximum absolute atomic E-state index is 12.4. The summed E-state index contributed by atoms with van der Waals surface area (Å²) in [7, 11) is 0. The molecular formula is C14H19N3O. The molecule has 0 fully saturated rings. The molecule has 0 aromatic heterocycles. The number of rotatable bonds is 4. The number of benzene rings is 1. The van der Waals surface area contributed by atoms with Crippen molar-refractivity contribution in [1.82, 2.24) is 4.90 Å². The third kappa shape index (κ3) is 3.01. The van der Waals surface area contributed by atoms with Crippen LogP contribution in [-0.2, 0) is 0 Å². The van der Waals surface area contributed by atoms with E-state index in [4.69, 9.17) is 11.0 Å². The first-order valence-corrected chi connectivity index (χ1v) is 6.02. The Kier molecular flexibility index (Phi) is 4.73. The number of nitrogens with two attached hydrogens (primary N) is 1. The van der Waals surface area contributed by atoms with Crippen molar-refractivity contribution in [2.45, 2.75) is 33.2 Å². The summed E-state index contributed by atoms with van der Waals surface area (Å²) in [5, 5.41) is 8.64. The number of carbonyl (C=O) groups excluding carboxylic acids is 1. The fourth-order valence-corrected chi connectivity index (χ4v) is 1.79. The van der Waals surface area contributed by atoms with Gasteiger partial charge in [0.25, 0.3) is 5.91 Å². The van der Waals surface area contributed by atoms with Crippen molar-refractivity contribution in [1.29, 1.82) is 5.26 Å². The smallest absolute Gasteiger partial charge is 0.256 e. The largest absolute Gasteiger partial charge is 0.398 e. The molecule has 4 heteroatoms. The van der Waals surface area contributed by atoms with Gasteiger partial charge in [0.15, 0.2) is 0 Å². The Labute approximate surface area is 108 Å². The summed E-state index contributed by atoms with van der Waals surface area (Å²) in [4.78, 5) is 14.1. The average molecular weight is 245 g/mol. The molecule has 0 heterocycles. The normalized spacial score (nSPS) is 10.2. The second kappa shape index (κ2) is 6.06. The summed E-state index contributed by atoms with van der Waals surface area (Å²) in [6.07, 6.45) is 0.329. The number of anilines is 1. The van der Waals surface area contributed by atoms with E-state index in [1.54, 1.807) is 11.0 Å². The van der Waals surface area contributed by atoms with E-state index in [0.29, 0.717) is 24.2 Å². The molecule has 96 valence electrons. The molecule has 2 N–H and O–H groups in total. The molecule has 0 aliphatic rings. The summed E-state index contributed by atoms with van der Waals surface area (Å²) in [6, 6.07) is 7.53. The molecule has 1 amide bonds. The molecule has 0 unspecified atom stereocenters. The highest BCUT2D eigenvalue weighted by Crippen LogP contribution is 2.19. The van der Waals surface area contributed by atoms with Gasteiger partial charge in [-0.1, -0.05) is 12.1 Å². The Hall–Kier alpha value is -2.02. The molecular weight excluding hydrogens is 226 g/mol. The van der Waals surface area contributed by atoms with E-state index >= 15 is 0 Å². The van der Waals surface area contributed by atoms with Crippen molar-refractivity contribution in [3.8, 4) is 6.07 Å². The van der Waals surface area contributed by atoms with Crippen molar-refractivity contribution in [2.24, 2.45) is 0 Å². The van der Waals surface area contributed by atoms with Crippen LogP contribution in [0.2, 0.25) is 0 Å². The molecule has 0 aliphatic carbocycles. The summed E-state index contributed by atoms with van der Waals surface area (Å²) >= 11 is 0. The molecule has 0 radical (unpaired) electrons. The van der Waals surface area contributed by atoms with Crippen LogP contribution in [-0.4, -0.2) is 23.4 Å². The molecule has 18 heavy (non-hydrogen) atoms. The number of nitrogens with zero attached hydrogens (tertiary/aromatic N) is 2. The van der Waals surface area contributed by atoms with E-state index in [9.17, 15) is 4.79 Å². The van der Waals surface area contributed by atoms with Gasteiger partial charge >= 0.3 is 0 Å². The van der Waals surface area contributed by atoms with Crippen molar-refractivity contribution in [2.75, 3.05) is 12.3 Å². The number of aryl methyl sites for hydroxylation is 1. The predicted octanol–water partition coefficient (Wildman–Crippen LogP) is 2.34. The summed E-state index contributed by atoms with van der Waals surface area (Å²) in [5.74, 6) is -0.110. The summed E-state index contributed by atoms with van der Waals surface area (Å²) < 4.78 is 0. The third-order valence-corrected chi connectivity index (χ3v) is 2.90. The number of carbonyl (C=O) groups is 1. The van der Waals surface area contributed by atoms with Crippen molar-refractivity contribution in [3.05, 3.63) is 29.3 Å². The molecule has 0 atom stereocenters. The minimum absolute atomic E-state index is 0.0470. The van der Waals surface area contributed by atoms with Gasteiger partial charge in [-0.25, -0.2) is 0 Å². The Bertz CT molecular complexity index is 474. The van der Waals surface area contributed by atoms with Gasteiger partial charge in [-0.15, -0.1) is 0 Å². The first-order valence-electron chi connectivity index (χ1n) is 6.02. The highest BCUT2D eigenvalue weighted by molar-refractivity contribution is 5.99. The maximum atomic E-state index is 12.4. The van der Waals surface area contributed by atoms with Gasteiger partial charge in [0, 0.05) is 18.3 Å². The predicted molar refractivity (Wildman–Crippen MR) is 72.0 cm³/mol. The van der Waals surface area contributed by atoms with Crippen molar-refractivity contribution in [3.63, 3.8) is 0 Å². The SMILES string of the molecule is Cc1cccc(C(=O)N(CCC#N)C(C)C)c1N. The summed E-state index contributed by atoms with van der Waals surface area (Å²) in [5.41, 5.74) is 7.86. The standard InChI is InChI=1S/C14H19N3O/c1-10(2)17(9-5-8-15)14(18)12-7-4-6-11(3)13(12)16/h4,6-7,10H,5,9,16H2,1-3H3. The van der Waals surface area contributed by atoms with Crippen LogP contribution in [0, 0.1) is 18.3 Å². The van der Waals surface area contributed by atoms with Crippen LogP contribution in [0.3, 0.4) is 0 Å². The molecule has 4 nitrogen and oxygen atoms in total. The molecule has 0 saturated heterocycles. The van der Waals surface area contributed by atoms with Gasteiger partial charge in [-0.3, -0.25) is 4.79 Å². The van der Waals surface area contributed by atoms with Crippen molar-refractivity contribution < 1.29 is 4.79 Å². The van der Waals surface area contributed by atoms with E-state index < -0.39 is 0 Å². The second-order valence-corrected chi connectivity index (χ2v) is 4.54. The summed E-state index contributed by atoms with van der Waals surface area (Å²) in [6.45, 7) is 6.17. The zero-order valence-corrected chi connectivity index (χ0v) is 11.1. The number of hydrogen-bond acceptors (Lipinski definition) is 3. The van der Waals surface area contributed by atoms with Gasteiger partial charge in [0.2, 0.25) is 0 Å². The lowest BCUT2D eigenvalue weighted by molar-refractivity contribution is 0.0711. The highest BCUT2D eigenvalue weighted by Gasteiger charge is 2.20. The van der Waals surface area contributed by atoms with Gasteiger partial charge in [0.05, 0.1) is 18.1 Å². The Morgan fingerprint density at radius 2 is 2.17 bits per heavy atom. The number of nitriles is 1. The van der Waals surface area contributed by atoms with Gasteiger partial charge in [-0.05, 0) is 32.4 Å². The fraction of sp³-hybridized carbons (Fsp3) is 0.429. The lowest BCUT2D eigenvalue weighted by atomic mass is 10.1. The van der Waals surface area contributed by atoms with Crippen LogP contribution in [0.15, 0.2) is 18.2 Å². The maximum Gasteiger partial charge on any atom is 0.256 e. The lowest BCUT2D eigenvalue weighted by Crippen LogP contribution is -2.38. The first-order chi connectivity index (χ1) is 8.49. The van der Waals surface area contributed by atoms with Crippen LogP contribution in [0.4, 0.5) is 5.69 Å². The van der Waals surface area contributed by atoms with E-state index in [1.807, 2.05) is 32.9 Å². The average Bonchev–Trinajstić information content (AvgIpc) is 2.32. The van der Waals surface area contributed by atoms with Crippen LogP contribution in [0.25, 0.3) is 0 Å². The minimum Gasteiger partial charge on any atom is -0.398 e. The molecule has 0 aliphatic heterocycles. The zero-order valence-electron chi connectivity index (χ0n) is 11.1. The molecule has 1 aromatic rings. The number of para-hydroxylation sites is 1. The topological polar surface area (TPSA) is 70.1 Å². The Morgan fingerprint density at radius 1 is 1.50 bits per heavy atom. The lowest BCUT2D eigenvalue weighted by Gasteiger charge is -2.26. The zero-order chi connectivity index (χ0) is 13.7. The van der Waals surface area contributed by atoms with E-state index in [2.05, 4.69) is 6.07 Å². The number of nitrogen functional groups attached to an aromatic ring is 1. The molecule has 1 rings (SSSR count). The first kappa shape index (κ1) is 14.0. The molecule has 1 aromatic carbocycles. The second-order valence-electron chi connectivity index (χ2n) is 4.54. The van der Waals surface area contributed by atoms with Gasteiger partial charge < -0.3 is 10.6 Å². The Balaban J connectivity index is 3.03. The minimum atomic E-state index is -0.110. The molecule has 0 saturated carbocycles. The monoisotopic (exact) mass is 245 g/mol. The van der Waals surface area contributed by atoms with E-state index in [0.717, 1.165) is 5.56 Å². The number of amides is 1. The van der Waals surface area contributed by atoms with Crippen LogP contribution in [0.5, 0.6) is 0 Å². The Morgan fingerprint density at radius 3 is 2.72 bits per heavy atom. The number of hydrogen-bond donors (Lipinski definition) is 1. The van der Waals surface area contributed by atoms with E-state index in [-0.39, 0.29) is 11.9 Å². The van der Waals surface area contributed by atoms with Crippen molar-refractivity contribution >= 4 is 11.6 Å².